The van der Waals surface area contributed by atoms with Crippen LogP contribution in [0.25, 0.3) is 33.7 Å². The molecule has 0 unspecified atom stereocenters. The first-order valence-corrected chi connectivity index (χ1v) is 25.0. The van der Waals surface area contributed by atoms with Gasteiger partial charge in [-0.05, 0) is 82.6 Å². The molecule has 0 aliphatic carbocycles. The molecular formula is C52H42N12O6S2-2. The molecule has 6 N–H and O–H groups in total. The molecule has 2 heterocycles. The molecule has 8 aromatic carbocycles. The predicted molar refractivity (Wildman–Crippen MR) is 281 cm³/mol. The highest BCUT2D eigenvalue weighted by molar-refractivity contribution is 7.86. The first-order chi connectivity index (χ1) is 34.9. The van der Waals surface area contributed by atoms with Gasteiger partial charge in [-0.25, -0.2) is 27.7 Å². The van der Waals surface area contributed by atoms with Crippen LogP contribution in [0, 0.1) is 0 Å². The summed E-state index contributed by atoms with van der Waals surface area (Å²) in [5, 5.41) is 24.6. The van der Waals surface area contributed by atoms with E-state index >= 15 is 0 Å². The Balaban J connectivity index is 0.998. The van der Waals surface area contributed by atoms with E-state index in [9.17, 15) is 25.9 Å². The number of hydrazone groups is 2. The Labute approximate surface area is 414 Å². The van der Waals surface area contributed by atoms with Gasteiger partial charge in [0.15, 0.2) is 0 Å². The van der Waals surface area contributed by atoms with Crippen molar-refractivity contribution >= 4 is 100 Å². The van der Waals surface area contributed by atoms with Crippen LogP contribution in [0.5, 0.6) is 0 Å². The number of hydrazine groups is 6. The van der Waals surface area contributed by atoms with Gasteiger partial charge in [0.25, 0.3) is 0 Å². The van der Waals surface area contributed by atoms with Crippen LogP contribution in [-0.4, -0.2) is 48.8 Å². The lowest BCUT2D eigenvalue weighted by Crippen LogP contribution is -2.52. The molecule has 0 aromatic heterocycles. The predicted octanol–water partition coefficient (Wildman–Crippen LogP) is 8.99. The fraction of sp³-hybridized carbons (Fsp3) is 0. The fourth-order valence-corrected chi connectivity index (χ4v) is 9.28. The topological polar surface area (TPSA) is 224 Å². The summed E-state index contributed by atoms with van der Waals surface area (Å²) in [5.41, 5.74) is 15.9. The average molecular weight is 995 g/mol. The minimum Gasteiger partial charge on any atom is -0.744 e. The number of para-hydroxylation sites is 2. The van der Waals surface area contributed by atoms with Gasteiger partial charge in [0.2, 0.25) is 0 Å². The lowest BCUT2D eigenvalue weighted by Gasteiger charge is -2.37. The molecule has 0 saturated heterocycles. The molecule has 0 fully saturated rings. The van der Waals surface area contributed by atoms with Gasteiger partial charge < -0.3 is 19.7 Å². The number of rotatable bonds is 16. The lowest BCUT2D eigenvalue weighted by molar-refractivity contribution is 0.210. The van der Waals surface area contributed by atoms with Crippen LogP contribution >= 0.6 is 0 Å². The molecule has 0 saturated carbocycles. The molecule has 72 heavy (non-hydrogen) atoms. The van der Waals surface area contributed by atoms with Crippen molar-refractivity contribution in [3.63, 3.8) is 0 Å². The van der Waals surface area contributed by atoms with Gasteiger partial charge >= 0.3 is 0 Å². The van der Waals surface area contributed by atoms with E-state index in [2.05, 4.69) is 42.5 Å². The summed E-state index contributed by atoms with van der Waals surface area (Å²) in [6.45, 7) is 0. The Morgan fingerprint density at radius 3 is 1.28 bits per heavy atom. The third-order valence-corrected chi connectivity index (χ3v) is 13.0. The summed E-state index contributed by atoms with van der Waals surface area (Å²) in [7, 11) is -10.4. The third kappa shape index (κ3) is 10.5. The Morgan fingerprint density at radius 2 is 0.861 bits per heavy atom. The van der Waals surface area contributed by atoms with Crippen molar-refractivity contribution in [2.45, 2.75) is 9.79 Å². The number of anilines is 6. The van der Waals surface area contributed by atoms with Gasteiger partial charge in [-0.3, -0.25) is 10.9 Å². The van der Waals surface area contributed by atoms with Gasteiger partial charge in [-0.1, -0.05) is 144 Å². The second kappa shape index (κ2) is 19.9. The van der Waals surface area contributed by atoms with E-state index in [1.165, 1.54) is 69.5 Å². The van der Waals surface area contributed by atoms with E-state index < -0.39 is 30.0 Å². The van der Waals surface area contributed by atoms with E-state index in [-0.39, 0.29) is 22.5 Å². The molecule has 8 aromatic rings. The average Bonchev–Trinajstić information content (AvgIpc) is 3.39. The normalized spacial score (nSPS) is 13.5. The van der Waals surface area contributed by atoms with Gasteiger partial charge in [0.1, 0.15) is 31.9 Å². The van der Waals surface area contributed by atoms with Crippen molar-refractivity contribution in [3.05, 3.63) is 217 Å². The lowest BCUT2D eigenvalue weighted by atomic mass is 10.1. The van der Waals surface area contributed by atoms with E-state index in [4.69, 9.17) is 0 Å². The molecule has 0 amide bonds. The Bertz CT molecular complexity index is 3460. The highest BCUT2D eigenvalue weighted by Gasteiger charge is 2.24. The Kier molecular flexibility index (Phi) is 12.9. The SMILES string of the molecule is O=S(=O)([O-])c1cc(N(Nc2cccc3ccccc23)N2N=CC=C(Nc3ccccc3)N2)ccc1/C=C/c1ccc(N(Nc2cccc3ccccc23)N2N=CC=C(Nc3ccccc3)N2)cc1S(=O)(=O)[O-]. The molecule has 0 atom stereocenters. The largest absolute Gasteiger partial charge is 0.744 e. The molecule has 10 rings (SSSR count). The summed E-state index contributed by atoms with van der Waals surface area (Å²) in [6, 6.07) is 53.7. The van der Waals surface area contributed by atoms with Crippen molar-refractivity contribution in [1.82, 2.24) is 21.3 Å². The smallest absolute Gasteiger partial charge is 0.127 e. The summed E-state index contributed by atoms with van der Waals surface area (Å²) in [6.07, 6.45) is 9.00. The van der Waals surface area contributed by atoms with Crippen LogP contribution in [0.4, 0.5) is 34.1 Å². The van der Waals surface area contributed by atoms with E-state index in [0.29, 0.717) is 23.0 Å². The molecule has 0 spiro atoms. The number of fused-ring (bicyclic) bond motifs is 2. The van der Waals surface area contributed by atoms with Crippen molar-refractivity contribution in [2.24, 2.45) is 10.2 Å². The third-order valence-electron chi connectivity index (χ3n) is 11.3. The first kappa shape index (κ1) is 46.4. The zero-order valence-electron chi connectivity index (χ0n) is 37.7. The monoisotopic (exact) mass is 994 g/mol. The van der Waals surface area contributed by atoms with Gasteiger partial charge in [0, 0.05) is 34.3 Å². The molecule has 2 aliphatic heterocycles. The standard InChI is InChI=1S/C52H44N12O6S2/c65-71(66,67)49-35-43(61(57-47-23-11-15-37-13-7-9-21-45(37)47)63-53-33-31-51(59-63)55-41-17-3-1-4-18-41)29-27-39(49)25-26-40-28-30-44(36-50(40)72(68,69)70)62(58-48-24-12-16-38-14-8-10-22-46(38)48)64-54-34-32-52(60-64)56-42-19-5-2-6-20-42/h1-36,55-60H,(H,65,66,67)(H,68,69,70)/p-2/b26-25+. The maximum absolute atomic E-state index is 13.2. The Hall–Kier alpha value is -9.34. The number of allylic oxidation sites excluding steroid dienone is 2. The van der Waals surface area contributed by atoms with Crippen LogP contribution in [0.2, 0.25) is 0 Å². The number of nitrogens with zero attached hydrogens (tertiary/aromatic N) is 6. The first-order valence-electron chi connectivity index (χ1n) is 22.2. The summed E-state index contributed by atoms with van der Waals surface area (Å²) in [5.74, 6) is 1.03. The number of hydrogen-bond acceptors (Lipinski definition) is 18. The van der Waals surface area contributed by atoms with Crippen LogP contribution < -0.4 is 42.6 Å². The summed E-state index contributed by atoms with van der Waals surface area (Å²) >= 11 is 0. The van der Waals surface area contributed by atoms with Gasteiger partial charge in [-0.15, -0.1) is 10.2 Å². The number of benzene rings is 8. The maximum Gasteiger partial charge on any atom is 0.127 e. The summed E-state index contributed by atoms with van der Waals surface area (Å²) in [4.78, 5) is -1.29. The zero-order valence-corrected chi connectivity index (χ0v) is 39.4. The van der Waals surface area contributed by atoms with Gasteiger partial charge in [-0.2, -0.15) is 10.2 Å². The van der Waals surface area contributed by atoms with E-state index in [1.807, 2.05) is 146 Å². The molecule has 20 heteroatoms. The van der Waals surface area contributed by atoms with Crippen LogP contribution in [0.3, 0.4) is 0 Å². The summed E-state index contributed by atoms with van der Waals surface area (Å²) < 4.78 is 79.0. The van der Waals surface area contributed by atoms with Crippen molar-refractivity contribution < 1.29 is 25.9 Å². The van der Waals surface area contributed by atoms with Crippen molar-refractivity contribution in [3.8, 4) is 0 Å². The van der Waals surface area contributed by atoms with Crippen LogP contribution in [-0.2, 0) is 20.2 Å². The molecule has 18 nitrogen and oxygen atoms in total. The van der Waals surface area contributed by atoms with E-state index in [1.54, 1.807) is 24.3 Å². The number of nitrogens with one attached hydrogen (secondary N) is 6. The minimum absolute atomic E-state index is 0.0880. The van der Waals surface area contributed by atoms with Crippen LogP contribution in [0.1, 0.15) is 11.1 Å². The zero-order chi connectivity index (χ0) is 49.7. The fourth-order valence-electron chi connectivity index (χ4n) is 7.90. The second-order valence-corrected chi connectivity index (χ2v) is 18.8. The Morgan fingerprint density at radius 1 is 0.472 bits per heavy atom. The van der Waals surface area contributed by atoms with Crippen LogP contribution in [0.15, 0.2) is 226 Å². The molecule has 0 radical (unpaired) electrons. The highest BCUT2D eigenvalue weighted by Crippen LogP contribution is 2.33. The number of hydrogen-bond donors (Lipinski definition) is 6. The molecule has 0 bridgehead atoms. The van der Waals surface area contributed by atoms with E-state index in [0.717, 1.165) is 32.9 Å². The second-order valence-electron chi connectivity index (χ2n) is 16.1. The quantitative estimate of drug-likeness (QED) is 0.0302. The highest BCUT2D eigenvalue weighted by atomic mass is 32.2. The van der Waals surface area contributed by atoms with Crippen molar-refractivity contribution in [1.29, 1.82) is 0 Å². The maximum atomic E-state index is 13.2. The molecule has 2 aliphatic rings. The molecule has 360 valence electrons. The van der Waals surface area contributed by atoms with Gasteiger partial charge in [0.05, 0.1) is 45.0 Å². The molecular weight excluding hydrogens is 953 g/mol. The van der Waals surface area contributed by atoms with Crippen molar-refractivity contribution in [2.75, 3.05) is 31.7 Å². The minimum atomic E-state index is -5.21.